The predicted octanol–water partition coefficient (Wildman–Crippen LogP) is 9.67. The molecule has 3 atom stereocenters. The Bertz CT molecular complexity index is 2340. The van der Waals surface area contributed by atoms with Crippen molar-refractivity contribution >= 4 is 66.5 Å². The summed E-state index contributed by atoms with van der Waals surface area (Å²) in [6.07, 6.45) is 2.41. The molecular formula is C51H56ClFN4O4Si2. The van der Waals surface area contributed by atoms with Gasteiger partial charge < -0.3 is 13.6 Å². The van der Waals surface area contributed by atoms with Crippen LogP contribution < -0.4 is 35.3 Å². The van der Waals surface area contributed by atoms with E-state index in [9.17, 15) is 0 Å². The Hall–Kier alpha value is -5.18. The minimum atomic E-state index is -3.12. The standard InChI is InChI=1S/C51H56ClFN4O4Si2/c1-50(2,3)62(41-20-12-8-13-21-41,42-22-14-9-15-23-42)60-39-30-37(31-40(32-39)61-63(51(4,5)6,43-24-16-10-17-25-43)44-26-18-11-19-27-44)57-47-36(34-54-48(52)55-47)35-56(49(57)58)46-29-28-38(59-7)33-45(46)53/h8-29,33-34,37,39-40H,30-32,35H2,1-7H3/t37?,39-,40+. The van der Waals surface area contributed by atoms with Crippen molar-refractivity contribution in [3.63, 3.8) is 0 Å². The predicted molar refractivity (Wildman–Crippen MR) is 257 cm³/mol. The lowest BCUT2D eigenvalue weighted by Gasteiger charge is -2.51. The third-order valence-electron chi connectivity index (χ3n) is 12.7. The Balaban J connectivity index is 1.31. The van der Waals surface area contributed by atoms with E-state index in [4.69, 9.17) is 30.2 Å². The number of nitrogens with zero attached hydrogens (tertiary/aromatic N) is 4. The molecule has 326 valence electrons. The lowest BCUT2D eigenvalue weighted by molar-refractivity contribution is 0.0473. The monoisotopic (exact) mass is 898 g/mol. The number of carbonyl (C=O) groups is 1. The summed E-state index contributed by atoms with van der Waals surface area (Å²) in [5.74, 6) is 0.183. The van der Waals surface area contributed by atoms with Gasteiger partial charge in [0.25, 0.3) is 16.6 Å². The number of aromatic nitrogens is 2. The Morgan fingerprint density at radius 2 is 1.11 bits per heavy atom. The molecule has 5 aromatic carbocycles. The molecule has 1 aromatic heterocycles. The summed E-state index contributed by atoms with van der Waals surface area (Å²) in [4.78, 5) is 27.5. The molecule has 0 radical (unpaired) electrons. The quantitative estimate of drug-likeness (QED) is 0.0953. The van der Waals surface area contributed by atoms with Crippen molar-refractivity contribution in [2.24, 2.45) is 0 Å². The van der Waals surface area contributed by atoms with E-state index in [1.54, 1.807) is 23.2 Å². The second-order valence-electron chi connectivity index (χ2n) is 18.7. The molecule has 0 spiro atoms. The summed E-state index contributed by atoms with van der Waals surface area (Å²) in [6.45, 7) is 13.7. The molecule has 63 heavy (non-hydrogen) atoms. The molecule has 1 saturated carbocycles. The van der Waals surface area contributed by atoms with Crippen LogP contribution in [0.1, 0.15) is 66.4 Å². The van der Waals surface area contributed by atoms with Gasteiger partial charge in [-0.1, -0.05) is 163 Å². The summed E-state index contributed by atoms with van der Waals surface area (Å²) in [7, 11) is -4.74. The van der Waals surface area contributed by atoms with Crippen LogP contribution in [0.3, 0.4) is 0 Å². The van der Waals surface area contributed by atoms with Gasteiger partial charge in [-0.05, 0) is 73.8 Å². The van der Waals surface area contributed by atoms with E-state index < -0.39 is 34.5 Å². The minimum absolute atomic E-state index is 0.0201. The van der Waals surface area contributed by atoms with Crippen LogP contribution in [0.25, 0.3) is 0 Å². The number of halogens is 2. The number of amides is 2. The Kier molecular flexibility index (Phi) is 12.5. The van der Waals surface area contributed by atoms with Crippen molar-refractivity contribution in [2.75, 3.05) is 16.9 Å². The molecule has 0 saturated heterocycles. The second-order valence-corrected chi connectivity index (χ2v) is 27.6. The van der Waals surface area contributed by atoms with Crippen LogP contribution in [0.15, 0.2) is 146 Å². The summed E-state index contributed by atoms with van der Waals surface area (Å²) in [6, 6.07) is 46.1. The van der Waals surface area contributed by atoms with Crippen LogP contribution in [0, 0.1) is 5.82 Å². The first-order valence-corrected chi connectivity index (χ1v) is 25.9. The van der Waals surface area contributed by atoms with Crippen molar-refractivity contribution in [1.82, 2.24) is 9.97 Å². The number of benzene rings is 5. The lowest BCUT2D eigenvalue weighted by atomic mass is 9.89. The zero-order valence-electron chi connectivity index (χ0n) is 37.1. The number of carbonyl (C=O) groups excluding carboxylic acids is 1. The Labute approximate surface area is 378 Å². The molecule has 1 aliphatic carbocycles. The SMILES string of the molecule is COc1ccc(N2Cc3cnc(Cl)nc3N(C3C[C@@H](O[Si](c4ccccc4)(c4ccccc4)C(C)(C)C)C[C@@H](O[Si](c4ccccc4)(c4ccccc4)C(C)(C)C)C3)C2=O)c(F)c1. The minimum Gasteiger partial charge on any atom is -0.497 e. The molecule has 2 heterocycles. The lowest BCUT2D eigenvalue weighted by Crippen LogP contribution is -2.70. The van der Waals surface area contributed by atoms with Crippen LogP contribution in [-0.4, -0.2) is 58.0 Å². The van der Waals surface area contributed by atoms with E-state index in [1.165, 1.54) is 18.1 Å². The highest BCUT2D eigenvalue weighted by Crippen LogP contribution is 2.45. The smallest absolute Gasteiger partial charge is 0.330 e. The topological polar surface area (TPSA) is 77.0 Å². The molecule has 12 heteroatoms. The molecule has 6 aromatic rings. The van der Waals surface area contributed by atoms with Crippen molar-refractivity contribution in [2.45, 2.75) is 95.7 Å². The van der Waals surface area contributed by atoms with E-state index in [1.807, 2.05) is 24.3 Å². The van der Waals surface area contributed by atoms with Crippen LogP contribution in [0.2, 0.25) is 15.4 Å². The second kappa shape index (κ2) is 17.8. The van der Waals surface area contributed by atoms with Crippen molar-refractivity contribution in [1.29, 1.82) is 0 Å². The average Bonchev–Trinajstić information content (AvgIpc) is 3.27. The Morgan fingerprint density at radius 3 is 1.51 bits per heavy atom. The van der Waals surface area contributed by atoms with E-state index in [0.29, 0.717) is 36.4 Å². The van der Waals surface area contributed by atoms with Gasteiger partial charge in [0.2, 0.25) is 5.28 Å². The molecule has 8 nitrogen and oxygen atoms in total. The Morgan fingerprint density at radius 1 is 0.667 bits per heavy atom. The maximum absolute atomic E-state index is 16.0. The normalized spacial score (nSPS) is 18.6. The molecule has 0 N–H and O–H groups in total. The van der Waals surface area contributed by atoms with Crippen molar-refractivity contribution in [3.8, 4) is 5.75 Å². The molecular weight excluding hydrogens is 843 g/mol. The third-order valence-corrected chi connectivity index (χ3v) is 23.1. The number of methoxy groups -OCH3 is 1. The van der Waals surface area contributed by atoms with Gasteiger partial charge >= 0.3 is 6.03 Å². The third kappa shape index (κ3) is 8.37. The summed E-state index contributed by atoms with van der Waals surface area (Å²) < 4.78 is 37.3. The first-order valence-electron chi connectivity index (χ1n) is 21.7. The number of ether oxygens (including phenoxy) is 1. The molecule has 1 aliphatic heterocycles. The highest BCUT2D eigenvalue weighted by atomic mass is 35.5. The van der Waals surface area contributed by atoms with Crippen LogP contribution in [0.5, 0.6) is 5.75 Å². The largest absolute Gasteiger partial charge is 0.497 e. The van der Waals surface area contributed by atoms with Gasteiger partial charge in [-0.15, -0.1) is 0 Å². The summed E-state index contributed by atoms with van der Waals surface area (Å²) in [5.41, 5.74) is 0.774. The van der Waals surface area contributed by atoms with E-state index in [2.05, 4.69) is 144 Å². The van der Waals surface area contributed by atoms with Crippen LogP contribution >= 0.6 is 11.6 Å². The highest BCUT2D eigenvalue weighted by molar-refractivity contribution is 7.00. The van der Waals surface area contributed by atoms with Gasteiger partial charge in [0.15, 0.2) is 5.82 Å². The number of hydrogen-bond acceptors (Lipinski definition) is 6. The zero-order chi connectivity index (χ0) is 44.6. The van der Waals surface area contributed by atoms with E-state index >= 15 is 9.18 Å². The van der Waals surface area contributed by atoms with Gasteiger partial charge in [-0.25, -0.2) is 14.2 Å². The fourth-order valence-electron chi connectivity index (χ4n) is 9.98. The fraction of sp³-hybridized carbons (Fsp3) is 0.314. The van der Waals surface area contributed by atoms with E-state index in [0.717, 1.165) is 20.7 Å². The van der Waals surface area contributed by atoms with Gasteiger partial charge in [0.1, 0.15) is 11.6 Å². The van der Waals surface area contributed by atoms with Gasteiger partial charge in [-0.3, -0.25) is 9.80 Å². The van der Waals surface area contributed by atoms with Gasteiger partial charge in [-0.2, -0.15) is 4.98 Å². The number of fused-ring (bicyclic) bond motifs is 1. The first kappa shape index (κ1) is 44.4. The number of anilines is 2. The average molecular weight is 900 g/mol. The van der Waals surface area contributed by atoms with Crippen LogP contribution in [0.4, 0.5) is 20.7 Å². The van der Waals surface area contributed by atoms with Gasteiger partial charge in [0.05, 0.1) is 31.5 Å². The van der Waals surface area contributed by atoms with Crippen molar-refractivity contribution in [3.05, 3.63) is 162 Å². The maximum Gasteiger partial charge on any atom is 0.330 e. The maximum atomic E-state index is 16.0. The molecule has 1 unspecified atom stereocenters. The van der Waals surface area contributed by atoms with E-state index in [-0.39, 0.29) is 39.8 Å². The molecule has 8 rings (SSSR count). The highest BCUT2D eigenvalue weighted by Gasteiger charge is 2.56. The molecule has 2 amide bonds. The first-order chi connectivity index (χ1) is 30.2. The number of hydrogen-bond donors (Lipinski definition) is 0. The van der Waals surface area contributed by atoms with Crippen molar-refractivity contribution < 1.29 is 22.8 Å². The molecule has 2 aliphatic rings. The molecule has 1 fully saturated rings. The zero-order valence-corrected chi connectivity index (χ0v) is 39.9. The summed E-state index contributed by atoms with van der Waals surface area (Å²) >= 11 is 6.56. The number of urea groups is 1. The van der Waals surface area contributed by atoms with Crippen LogP contribution in [-0.2, 0) is 15.4 Å². The molecule has 0 bridgehead atoms. The van der Waals surface area contributed by atoms with Gasteiger partial charge in [0, 0.05) is 23.9 Å². The number of rotatable bonds is 11. The fourth-order valence-corrected chi connectivity index (χ4v) is 19.5. The summed E-state index contributed by atoms with van der Waals surface area (Å²) in [5, 5.41) is 4.05.